The number of nitrogens with two attached hydrogens (primary N) is 1. The van der Waals surface area contributed by atoms with Crippen LogP contribution in [0.5, 0.6) is 0 Å². The maximum Gasteiger partial charge on any atom is 0.251 e. The zero-order valence-electron chi connectivity index (χ0n) is 13.4. The minimum Gasteiger partial charge on any atom is -0.350 e. The summed E-state index contributed by atoms with van der Waals surface area (Å²) in [5, 5.41) is 3.03. The fraction of sp³-hybridized carbons (Fsp3) is 0.625. The van der Waals surface area contributed by atoms with E-state index in [1.54, 1.807) is 18.3 Å². The van der Waals surface area contributed by atoms with Crippen molar-refractivity contribution in [3.8, 4) is 0 Å². The largest absolute Gasteiger partial charge is 0.350 e. The molecule has 1 aromatic heterocycles. The van der Waals surface area contributed by atoms with Gasteiger partial charge in [0.05, 0.1) is 5.69 Å². The monoisotopic (exact) mass is 292 g/mol. The van der Waals surface area contributed by atoms with Gasteiger partial charge in [0, 0.05) is 24.3 Å². The highest BCUT2D eigenvalue weighted by atomic mass is 16.1. The summed E-state index contributed by atoms with van der Waals surface area (Å²) in [7, 11) is 0. The minimum absolute atomic E-state index is 0.0533. The molecule has 1 aromatic rings. The lowest BCUT2D eigenvalue weighted by Gasteiger charge is -2.19. The molecule has 3 N–H and O–H groups in total. The Morgan fingerprint density at radius 2 is 2.14 bits per heavy atom. The molecular weight excluding hydrogens is 264 g/mol. The number of amides is 1. The zero-order chi connectivity index (χ0) is 15.7. The Kier molecular flexibility index (Phi) is 7.93. The second-order valence-electron chi connectivity index (χ2n) is 5.28. The average Bonchev–Trinajstić information content (AvgIpc) is 2.51. The number of hydrogen-bond donors (Lipinski definition) is 2. The van der Waals surface area contributed by atoms with Crippen molar-refractivity contribution in [3.05, 3.63) is 29.6 Å². The Morgan fingerprint density at radius 1 is 1.43 bits per heavy atom. The first-order valence-electron chi connectivity index (χ1n) is 7.78. The van der Waals surface area contributed by atoms with E-state index < -0.39 is 0 Å². The van der Waals surface area contributed by atoms with E-state index in [1.807, 2.05) is 6.92 Å². The standard InChI is InChI=1S/C16H28N4O/c1-4-20(5-2)10-6-7-13(3)19-16(21)14-8-9-18-15(11-14)12-17/h8-9,11,13H,4-7,10,12,17H2,1-3H3,(H,19,21). The van der Waals surface area contributed by atoms with Crippen LogP contribution in [0.2, 0.25) is 0 Å². The molecule has 118 valence electrons. The summed E-state index contributed by atoms with van der Waals surface area (Å²) in [5.41, 5.74) is 6.90. The van der Waals surface area contributed by atoms with Crippen LogP contribution in [0.15, 0.2) is 18.3 Å². The summed E-state index contributed by atoms with van der Waals surface area (Å²) in [5.74, 6) is -0.0533. The van der Waals surface area contributed by atoms with E-state index in [4.69, 9.17) is 5.73 Å². The van der Waals surface area contributed by atoms with Gasteiger partial charge in [-0.1, -0.05) is 13.8 Å². The van der Waals surface area contributed by atoms with Gasteiger partial charge in [0.15, 0.2) is 0 Å². The number of carbonyl (C=O) groups is 1. The first kappa shape index (κ1) is 17.6. The molecule has 5 nitrogen and oxygen atoms in total. The summed E-state index contributed by atoms with van der Waals surface area (Å²) >= 11 is 0. The fourth-order valence-electron chi connectivity index (χ4n) is 2.27. The van der Waals surface area contributed by atoms with Gasteiger partial charge in [-0.3, -0.25) is 9.78 Å². The third-order valence-electron chi connectivity index (χ3n) is 3.67. The molecule has 0 spiro atoms. The first-order valence-corrected chi connectivity index (χ1v) is 7.78. The van der Waals surface area contributed by atoms with Gasteiger partial charge in [0.25, 0.3) is 5.91 Å². The van der Waals surface area contributed by atoms with E-state index in [0.717, 1.165) is 38.2 Å². The molecule has 0 saturated heterocycles. The second-order valence-corrected chi connectivity index (χ2v) is 5.28. The van der Waals surface area contributed by atoms with E-state index in [-0.39, 0.29) is 11.9 Å². The molecule has 1 unspecified atom stereocenters. The van der Waals surface area contributed by atoms with E-state index in [2.05, 4.69) is 29.0 Å². The Bertz CT molecular complexity index is 432. The topological polar surface area (TPSA) is 71.2 Å². The molecule has 0 aromatic carbocycles. The summed E-state index contributed by atoms with van der Waals surface area (Å²) in [6.07, 6.45) is 3.70. The lowest BCUT2D eigenvalue weighted by atomic mass is 10.1. The molecule has 0 aliphatic rings. The summed E-state index contributed by atoms with van der Waals surface area (Å²) in [6.45, 7) is 9.98. The molecule has 1 amide bonds. The summed E-state index contributed by atoms with van der Waals surface area (Å²) in [6, 6.07) is 3.64. The van der Waals surface area contributed by atoms with Gasteiger partial charge in [0.2, 0.25) is 0 Å². The van der Waals surface area contributed by atoms with E-state index >= 15 is 0 Å². The zero-order valence-corrected chi connectivity index (χ0v) is 13.4. The molecule has 0 aliphatic carbocycles. The van der Waals surface area contributed by atoms with Crippen molar-refractivity contribution >= 4 is 5.91 Å². The van der Waals surface area contributed by atoms with Crippen molar-refractivity contribution in [3.63, 3.8) is 0 Å². The predicted molar refractivity (Wildman–Crippen MR) is 86.1 cm³/mol. The molecule has 5 heteroatoms. The van der Waals surface area contributed by atoms with Crippen molar-refractivity contribution in [2.24, 2.45) is 5.73 Å². The van der Waals surface area contributed by atoms with Crippen LogP contribution in [0, 0.1) is 0 Å². The maximum absolute atomic E-state index is 12.1. The lowest BCUT2D eigenvalue weighted by Crippen LogP contribution is -2.33. The van der Waals surface area contributed by atoms with Crippen LogP contribution in [0.25, 0.3) is 0 Å². The van der Waals surface area contributed by atoms with Gasteiger partial charge in [-0.15, -0.1) is 0 Å². The molecule has 1 atom stereocenters. The van der Waals surface area contributed by atoms with Crippen LogP contribution in [-0.2, 0) is 6.54 Å². The van der Waals surface area contributed by atoms with Crippen LogP contribution >= 0.6 is 0 Å². The Hall–Kier alpha value is -1.46. The molecule has 1 heterocycles. The fourth-order valence-corrected chi connectivity index (χ4v) is 2.27. The number of hydrogen-bond acceptors (Lipinski definition) is 4. The number of pyridine rings is 1. The quantitative estimate of drug-likeness (QED) is 0.728. The van der Waals surface area contributed by atoms with Crippen LogP contribution in [0.1, 0.15) is 49.7 Å². The Morgan fingerprint density at radius 3 is 2.76 bits per heavy atom. The molecule has 1 rings (SSSR count). The number of nitrogens with zero attached hydrogens (tertiary/aromatic N) is 2. The highest BCUT2D eigenvalue weighted by molar-refractivity contribution is 5.94. The van der Waals surface area contributed by atoms with Crippen LogP contribution in [0.4, 0.5) is 0 Å². The number of aromatic nitrogens is 1. The molecule has 0 aliphatic heterocycles. The molecule has 0 bridgehead atoms. The van der Waals surface area contributed by atoms with Crippen LogP contribution in [-0.4, -0.2) is 41.5 Å². The highest BCUT2D eigenvalue weighted by Crippen LogP contribution is 2.04. The number of nitrogens with one attached hydrogen (secondary N) is 1. The molecule has 0 fully saturated rings. The van der Waals surface area contributed by atoms with Crippen LogP contribution in [0.3, 0.4) is 0 Å². The van der Waals surface area contributed by atoms with Crippen molar-refractivity contribution in [2.75, 3.05) is 19.6 Å². The molecule has 21 heavy (non-hydrogen) atoms. The van der Waals surface area contributed by atoms with Crippen molar-refractivity contribution in [1.82, 2.24) is 15.2 Å². The lowest BCUT2D eigenvalue weighted by molar-refractivity contribution is 0.0937. The van der Waals surface area contributed by atoms with E-state index in [0.29, 0.717) is 12.1 Å². The maximum atomic E-state index is 12.1. The van der Waals surface area contributed by atoms with Crippen molar-refractivity contribution in [2.45, 2.75) is 46.2 Å². The smallest absolute Gasteiger partial charge is 0.251 e. The van der Waals surface area contributed by atoms with Gasteiger partial charge in [-0.2, -0.15) is 0 Å². The van der Waals surface area contributed by atoms with Crippen LogP contribution < -0.4 is 11.1 Å². The molecule has 0 radical (unpaired) electrons. The third-order valence-corrected chi connectivity index (χ3v) is 3.67. The van der Waals surface area contributed by atoms with Gasteiger partial charge in [-0.25, -0.2) is 0 Å². The SMILES string of the molecule is CCN(CC)CCCC(C)NC(=O)c1ccnc(CN)c1. The van der Waals surface area contributed by atoms with Gasteiger partial charge >= 0.3 is 0 Å². The van der Waals surface area contributed by atoms with E-state index in [9.17, 15) is 4.79 Å². The van der Waals surface area contributed by atoms with E-state index in [1.165, 1.54) is 0 Å². The minimum atomic E-state index is -0.0533. The Balaban J connectivity index is 2.39. The normalized spacial score (nSPS) is 12.4. The van der Waals surface area contributed by atoms with Gasteiger partial charge in [0.1, 0.15) is 0 Å². The van der Waals surface area contributed by atoms with Crippen molar-refractivity contribution in [1.29, 1.82) is 0 Å². The van der Waals surface area contributed by atoms with Gasteiger partial charge in [-0.05, 0) is 51.5 Å². The van der Waals surface area contributed by atoms with Crippen molar-refractivity contribution < 1.29 is 4.79 Å². The highest BCUT2D eigenvalue weighted by Gasteiger charge is 2.10. The first-order chi connectivity index (χ1) is 10.1. The summed E-state index contributed by atoms with van der Waals surface area (Å²) < 4.78 is 0. The van der Waals surface area contributed by atoms with Gasteiger partial charge < -0.3 is 16.0 Å². The number of carbonyl (C=O) groups excluding carboxylic acids is 1. The predicted octanol–water partition coefficient (Wildman–Crippen LogP) is 1.78. The average molecular weight is 292 g/mol. The third kappa shape index (κ3) is 6.23. The molecule has 0 saturated carbocycles. The second kappa shape index (κ2) is 9.47. The Labute approximate surface area is 127 Å². The number of rotatable bonds is 9. The molecular formula is C16H28N4O. The summed E-state index contributed by atoms with van der Waals surface area (Å²) in [4.78, 5) is 18.6.